The third kappa shape index (κ3) is 4.05. The summed E-state index contributed by atoms with van der Waals surface area (Å²) in [5, 5.41) is 6.52. The average Bonchev–Trinajstić information content (AvgIpc) is 2.93. The number of hydrogen-bond acceptors (Lipinski definition) is 6. The average molecular weight is 344 g/mol. The van der Waals surface area contributed by atoms with Crippen LogP contribution in [-0.2, 0) is 15.6 Å². The van der Waals surface area contributed by atoms with Gasteiger partial charge in [-0.1, -0.05) is 23.7 Å². The fraction of sp³-hybridized carbons (Fsp3) is 0.308. The van der Waals surface area contributed by atoms with Gasteiger partial charge in [0.05, 0.1) is 4.90 Å². The van der Waals surface area contributed by atoms with E-state index in [1.54, 1.807) is 0 Å². The zero-order chi connectivity index (χ0) is 16.2. The quantitative estimate of drug-likeness (QED) is 0.858. The van der Waals surface area contributed by atoms with E-state index < -0.39 is 21.5 Å². The molecule has 0 bridgehead atoms. The van der Waals surface area contributed by atoms with Crippen molar-refractivity contribution in [3.63, 3.8) is 0 Å². The van der Waals surface area contributed by atoms with E-state index in [9.17, 15) is 13.2 Å². The highest BCUT2D eigenvalue weighted by Gasteiger charge is 2.21. The van der Waals surface area contributed by atoms with Gasteiger partial charge in [0.1, 0.15) is 5.75 Å². The minimum Gasteiger partial charge on any atom is -0.348 e. The van der Waals surface area contributed by atoms with Gasteiger partial charge in [0.25, 0.3) is 0 Å². The highest BCUT2D eigenvalue weighted by Crippen LogP contribution is 2.17. The number of hydrogen-bond donors (Lipinski definition) is 1. The first-order chi connectivity index (χ1) is 10.4. The van der Waals surface area contributed by atoms with Crippen LogP contribution in [-0.4, -0.2) is 31.0 Å². The van der Waals surface area contributed by atoms with Gasteiger partial charge in [0, 0.05) is 11.6 Å². The van der Waals surface area contributed by atoms with Crippen molar-refractivity contribution in [1.29, 1.82) is 0 Å². The highest BCUT2D eigenvalue weighted by atomic mass is 35.5. The van der Waals surface area contributed by atoms with Gasteiger partial charge in [-0.15, -0.1) is 0 Å². The summed E-state index contributed by atoms with van der Waals surface area (Å²) >= 11 is 5.72. The van der Waals surface area contributed by atoms with Crippen LogP contribution in [0.5, 0.6) is 0 Å². The lowest BCUT2D eigenvalue weighted by molar-refractivity contribution is 0.0910. The molecule has 0 fully saturated rings. The van der Waals surface area contributed by atoms with Gasteiger partial charge in [-0.2, -0.15) is 4.98 Å². The van der Waals surface area contributed by atoms with Gasteiger partial charge < -0.3 is 9.84 Å². The molecule has 0 aliphatic rings. The standard InChI is InChI=1S/C13H14ClN3O4S/c1-2-7-15-12(18)13-16-11(17-21-13)8-22(19,20)10-5-3-9(14)4-6-10/h3-6H,2,7-8H2,1H3,(H,15,18). The number of amides is 1. The van der Waals surface area contributed by atoms with Crippen LogP contribution in [0.3, 0.4) is 0 Å². The zero-order valence-corrected chi connectivity index (χ0v) is 13.3. The minimum atomic E-state index is -3.63. The summed E-state index contributed by atoms with van der Waals surface area (Å²) in [6, 6.07) is 5.75. The number of halogens is 1. The number of carbonyl (C=O) groups excluding carboxylic acids is 1. The lowest BCUT2D eigenvalue weighted by atomic mass is 10.4. The van der Waals surface area contributed by atoms with E-state index >= 15 is 0 Å². The molecule has 1 amide bonds. The lowest BCUT2D eigenvalue weighted by Gasteiger charge is -2.01. The lowest BCUT2D eigenvalue weighted by Crippen LogP contribution is -2.24. The van der Waals surface area contributed by atoms with Crippen LogP contribution in [0, 0.1) is 0 Å². The fourth-order valence-electron chi connectivity index (χ4n) is 1.61. The topological polar surface area (TPSA) is 102 Å². The first-order valence-corrected chi connectivity index (χ1v) is 8.54. The molecule has 1 N–H and O–H groups in total. The number of nitrogens with one attached hydrogen (secondary N) is 1. The van der Waals surface area contributed by atoms with Gasteiger partial charge in [0.2, 0.25) is 0 Å². The maximum Gasteiger partial charge on any atom is 0.315 e. The maximum absolute atomic E-state index is 12.2. The molecule has 1 heterocycles. The van der Waals surface area contributed by atoms with Crippen LogP contribution >= 0.6 is 11.6 Å². The molecule has 2 rings (SSSR count). The van der Waals surface area contributed by atoms with Crippen LogP contribution in [0.2, 0.25) is 5.02 Å². The van der Waals surface area contributed by atoms with Crippen molar-refractivity contribution < 1.29 is 17.7 Å². The van der Waals surface area contributed by atoms with Crippen molar-refractivity contribution in [2.24, 2.45) is 0 Å². The van der Waals surface area contributed by atoms with E-state index in [2.05, 4.69) is 15.5 Å². The van der Waals surface area contributed by atoms with E-state index in [0.29, 0.717) is 11.6 Å². The van der Waals surface area contributed by atoms with Crippen LogP contribution in [0.25, 0.3) is 0 Å². The van der Waals surface area contributed by atoms with Gasteiger partial charge in [-0.3, -0.25) is 4.79 Å². The first kappa shape index (κ1) is 16.4. The Balaban J connectivity index is 2.12. The molecular formula is C13H14ClN3O4S. The predicted molar refractivity (Wildman–Crippen MR) is 79.3 cm³/mol. The second-order valence-electron chi connectivity index (χ2n) is 4.48. The molecule has 0 radical (unpaired) electrons. The second kappa shape index (κ2) is 6.89. The molecule has 118 valence electrons. The van der Waals surface area contributed by atoms with E-state index in [4.69, 9.17) is 16.1 Å². The van der Waals surface area contributed by atoms with Crippen molar-refractivity contribution in [2.45, 2.75) is 24.0 Å². The smallest absolute Gasteiger partial charge is 0.315 e. The number of carbonyl (C=O) groups is 1. The molecule has 0 unspecified atom stereocenters. The van der Waals surface area contributed by atoms with E-state index in [1.807, 2.05) is 6.92 Å². The molecular weight excluding hydrogens is 330 g/mol. The Kier molecular flexibility index (Phi) is 5.15. The largest absolute Gasteiger partial charge is 0.348 e. The number of nitrogens with zero attached hydrogens (tertiary/aromatic N) is 2. The summed E-state index contributed by atoms with van der Waals surface area (Å²) in [6.45, 7) is 2.37. The van der Waals surface area contributed by atoms with Gasteiger partial charge in [-0.25, -0.2) is 8.42 Å². The summed E-state index contributed by atoms with van der Waals surface area (Å²) in [6.07, 6.45) is 0.762. The molecule has 1 aromatic heterocycles. The Morgan fingerprint density at radius 2 is 2.00 bits per heavy atom. The molecule has 2 aromatic rings. The normalized spacial score (nSPS) is 11.4. The first-order valence-electron chi connectivity index (χ1n) is 6.51. The summed E-state index contributed by atoms with van der Waals surface area (Å²) in [4.78, 5) is 15.5. The SMILES string of the molecule is CCCNC(=O)c1nc(CS(=O)(=O)c2ccc(Cl)cc2)no1. The number of benzene rings is 1. The van der Waals surface area contributed by atoms with Crippen LogP contribution < -0.4 is 5.32 Å². The molecule has 0 aliphatic heterocycles. The van der Waals surface area contributed by atoms with Crippen molar-refractivity contribution >= 4 is 27.3 Å². The Hall–Kier alpha value is -1.93. The predicted octanol–water partition coefficient (Wildman–Crippen LogP) is 1.84. The highest BCUT2D eigenvalue weighted by molar-refractivity contribution is 7.90. The minimum absolute atomic E-state index is 0.0726. The maximum atomic E-state index is 12.2. The van der Waals surface area contributed by atoms with Crippen LogP contribution in [0.4, 0.5) is 0 Å². The molecule has 1 aromatic carbocycles. The van der Waals surface area contributed by atoms with Gasteiger partial charge in [-0.05, 0) is 30.7 Å². The Morgan fingerprint density at radius 3 is 2.64 bits per heavy atom. The van der Waals surface area contributed by atoms with Crippen molar-refractivity contribution in [2.75, 3.05) is 6.54 Å². The Bertz CT molecular complexity index is 756. The van der Waals surface area contributed by atoms with Crippen molar-refractivity contribution in [1.82, 2.24) is 15.5 Å². The Labute approximate surface area is 132 Å². The fourth-order valence-corrected chi connectivity index (χ4v) is 2.91. The molecule has 22 heavy (non-hydrogen) atoms. The van der Waals surface area contributed by atoms with E-state index in [0.717, 1.165) is 6.42 Å². The monoisotopic (exact) mass is 343 g/mol. The molecule has 9 heteroatoms. The van der Waals surface area contributed by atoms with E-state index in [-0.39, 0.29) is 16.6 Å². The van der Waals surface area contributed by atoms with Crippen LogP contribution in [0.15, 0.2) is 33.7 Å². The molecule has 0 saturated carbocycles. The van der Waals surface area contributed by atoms with Crippen LogP contribution in [0.1, 0.15) is 29.9 Å². The third-order valence-corrected chi connectivity index (χ3v) is 4.57. The van der Waals surface area contributed by atoms with E-state index in [1.165, 1.54) is 24.3 Å². The summed E-state index contributed by atoms with van der Waals surface area (Å²) in [5.74, 6) is -1.31. The number of sulfone groups is 1. The summed E-state index contributed by atoms with van der Waals surface area (Å²) in [7, 11) is -3.63. The number of rotatable bonds is 6. The second-order valence-corrected chi connectivity index (χ2v) is 6.91. The molecule has 0 atom stereocenters. The number of aromatic nitrogens is 2. The van der Waals surface area contributed by atoms with Gasteiger partial charge >= 0.3 is 11.8 Å². The van der Waals surface area contributed by atoms with Gasteiger partial charge in [0.15, 0.2) is 15.7 Å². The molecule has 0 aliphatic carbocycles. The van der Waals surface area contributed by atoms with Crippen molar-refractivity contribution in [3.05, 3.63) is 41.0 Å². The Morgan fingerprint density at radius 1 is 1.32 bits per heavy atom. The summed E-state index contributed by atoms with van der Waals surface area (Å²) in [5.41, 5.74) is 0. The third-order valence-electron chi connectivity index (χ3n) is 2.69. The molecule has 0 spiro atoms. The zero-order valence-electron chi connectivity index (χ0n) is 11.7. The molecule has 0 saturated heterocycles. The summed E-state index contributed by atoms with van der Waals surface area (Å²) < 4.78 is 29.2. The van der Waals surface area contributed by atoms with Crippen molar-refractivity contribution in [3.8, 4) is 0 Å². The molecule has 7 nitrogen and oxygen atoms in total.